The zero-order valence-electron chi connectivity index (χ0n) is 32.0. The van der Waals surface area contributed by atoms with E-state index in [2.05, 4.69) is 230 Å². The van der Waals surface area contributed by atoms with Crippen LogP contribution in [-0.4, -0.2) is 17.6 Å². The van der Waals surface area contributed by atoms with Crippen molar-refractivity contribution in [3.8, 4) is 39.2 Å². The Hall–Kier alpha value is -6.81. The van der Waals surface area contributed by atoms with Crippen molar-refractivity contribution in [3.05, 3.63) is 224 Å². The summed E-state index contributed by atoms with van der Waals surface area (Å²) in [7, 11) is -2.80. The van der Waals surface area contributed by atoms with Gasteiger partial charge in [0.15, 0.2) is 0 Å². The molecule has 2 nitrogen and oxygen atoms in total. The molecule has 0 spiro atoms. The van der Waals surface area contributed by atoms with Crippen LogP contribution in [-0.2, 0) is 6.42 Å². The van der Waals surface area contributed by atoms with Gasteiger partial charge in [-0.15, -0.1) is 0 Å². The molecule has 1 unspecified atom stereocenters. The largest absolute Gasteiger partial charge is 0.313 e. The number of pyridine rings is 1. The highest BCUT2D eigenvalue weighted by Crippen LogP contribution is 2.40. The molecule has 0 saturated carbocycles. The third kappa shape index (κ3) is 6.08. The highest BCUT2D eigenvalue weighted by Gasteiger charge is 2.43. The molecule has 1 aliphatic carbocycles. The number of fused-ring (bicyclic) bond motifs is 3. The number of aromatic nitrogens is 2. The van der Waals surface area contributed by atoms with Gasteiger partial charge in [-0.1, -0.05) is 189 Å². The minimum atomic E-state index is -2.80. The van der Waals surface area contributed by atoms with Crippen molar-refractivity contribution in [1.29, 1.82) is 0 Å². The van der Waals surface area contributed by atoms with E-state index in [1.165, 1.54) is 65.7 Å². The number of rotatable bonds is 8. The molecule has 0 saturated heterocycles. The Morgan fingerprint density at radius 1 is 0.509 bits per heavy atom. The highest BCUT2D eigenvalue weighted by atomic mass is 28.3. The van der Waals surface area contributed by atoms with Crippen LogP contribution in [0.15, 0.2) is 212 Å². The van der Waals surface area contributed by atoms with Gasteiger partial charge in [0, 0.05) is 33.2 Å². The summed E-state index contributed by atoms with van der Waals surface area (Å²) in [6.45, 7) is 2.32. The van der Waals surface area contributed by atoms with Crippen molar-refractivity contribution in [2.45, 2.75) is 13.3 Å². The van der Waals surface area contributed by atoms with Gasteiger partial charge in [0.25, 0.3) is 0 Å². The fraction of sp³-hybridized carbons (Fsp3) is 0.0556. The number of nitrogens with zero attached hydrogens (tertiary/aromatic N) is 2. The van der Waals surface area contributed by atoms with Crippen molar-refractivity contribution in [2.75, 3.05) is 0 Å². The number of hydrogen-bond donors (Lipinski definition) is 0. The smallest absolute Gasteiger partial charge is 0.201 e. The maximum absolute atomic E-state index is 5.70. The van der Waals surface area contributed by atoms with E-state index in [1.807, 2.05) is 0 Å². The normalized spacial score (nSPS) is 13.7. The molecule has 2 aromatic heterocycles. The van der Waals surface area contributed by atoms with E-state index in [-0.39, 0.29) is 0 Å². The Balaban J connectivity index is 1.14. The third-order valence-corrected chi connectivity index (χ3v) is 16.3. The van der Waals surface area contributed by atoms with Crippen LogP contribution in [0.2, 0.25) is 0 Å². The van der Waals surface area contributed by atoms with Gasteiger partial charge in [-0.2, -0.15) is 0 Å². The first-order valence-electron chi connectivity index (χ1n) is 19.9. The monoisotopic (exact) mass is 746 g/mol. The molecule has 7 aromatic carbocycles. The maximum Gasteiger partial charge on any atom is 0.201 e. The molecule has 10 rings (SSSR count). The van der Waals surface area contributed by atoms with Crippen LogP contribution >= 0.6 is 0 Å². The van der Waals surface area contributed by atoms with Crippen LogP contribution in [0.25, 0.3) is 56.2 Å². The topological polar surface area (TPSA) is 17.8 Å². The summed E-state index contributed by atoms with van der Waals surface area (Å²) in [5.74, 6) is 0.467. The number of hydrogen-bond acceptors (Lipinski definition) is 1. The summed E-state index contributed by atoms with van der Waals surface area (Å²) < 4.78 is 2.50. The van der Waals surface area contributed by atoms with E-state index in [4.69, 9.17) is 4.98 Å². The van der Waals surface area contributed by atoms with Crippen molar-refractivity contribution in [2.24, 2.45) is 5.92 Å². The molecule has 0 fully saturated rings. The summed E-state index contributed by atoms with van der Waals surface area (Å²) in [5, 5.41) is 6.35. The first-order chi connectivity index (χ1) is 28.2. The average molecular weight is 747 g/mol. The summed E-state index contributed by atoms with van der Waals surface area (Å²) >= 11 is 0. The lowest BCUT2D eigenvalue weighted by Gasteiger charge is -2.33. The lowest BCUT2D eigenvalue weighted by molar-refractivity contribution is 0.690. The molecular weight excluding hydrogens is 705 g/mol. The fourth-order valence-corrected chi connectivity index (χ4v) is 13.7. The van der Waals surface area contributed by atoms with Crippen LogP contribution in [0, 0.1) is 5.92 Å². The Morgan fingerprint density at radius 2 is 1.09 bits per heavy atom. The van der Waals surface area contributed by atoms with Gasteiger partial charge in [-0.25, -0.2) is 0 Å². The van der Waals surface area contributed by atoms with E-state index >= 15 is 0 Å². The Morgan fingerprint density at radius 3 is 1.75 bits per heavy atom. The van der Waals surface area contributed by atoms with E-state index in [0.29, 0.717) is 5.92 Å². The molecule has 272 valence electrons. The second-order valence-electron chi connectivity index (χ2n) is 15.2. The minimum absolute atomic E-state index is 0.467. The van der Waals surface area contributed by atoms with E-state index < -0.39 is 8.07 Å². The lowest BCUT2D eigenvalue weighted by Crippen LogP contribution is -2.75. The van der Waals surface area contributed by atoms with Crippen LogP contribution in [0.5, 0.6) is 0 Å². The summed E-state index contributed by atoms with van der Waals surface area (Å²) in [5.41, 5.74) is 12.0. The number of benzene rings is 7. The standard InChI is InChI=1S/C54H42N2Si/c1-39-32-34-49-50-38-42(33-35-52(50)56(53(49)36-39)43-21-16-20-41(37-43)40-18-6-2-7-19-40)47-28-14-15-29-48(47)51-30-17-31-54(55-51)57(44-22-8-3-9-23-44,45-24-10-4-11-25-45)46-26-12-5-13-27-46/h2-35,37-39H,36H2,1H3. The predicted octanol–water partition coefficient (Wildman–Crippen LogP) is 10.6. The Kier molecular flexibility index (Phi) is 8.93. The van der Waals surface area contributed by atoms with Crippen molar-refractivity contribution < 1.29 is 0 Å². The van der Waals surface area contributed by atoms with Gasteiger partial charge in [0.1, 0.15) is 0 Å². The molecule has 9 aromatic rings. The average Bonchev–Trinajstić information content (AvgIpc) is 3.61. The molecule has 1 aliphatic rings. The molecule has 2 heterocycles. The molecule has 0 bridgehead atoms. The Labute approximate surface area is 336 Å². The van der Waals surface area contributed by atoms with Crippen molar-refractivity contribution >= 4 is 45.9 Å². The maximum atomic E-state index is 5.70. The minimum Gasteiger partial charge on any atom is -0.313 e. The van der Waals surface area contributed by atoms with Crippen LogP contribution in [0.3, 0.4) is 0 Å². The van der Waals surface area contributed by atoms with E-state index in [0.717, 1.165) is 23.0 Å². The SMILES string of the molecule is CC1C=Cc2c(n(-c3cccc(-c4ccccc4)c3)c3ccc(-c4ccccc4-c4cccc([Si](c5ccccc5)(c5ccccc5)c5ccccc5)n4)cc23)C1. The lowest BCUT2D eigenvalue weighted by atomic mass is 9.93. The molecule has 57 heavy (non-hydrogen) atoms. The summed E-state index contributed by atoms with van der Waals surface area (Å²) in [6, 6.07) is 75.2. The molecule has 0 radical (unpaired) electrons. The molecule has 0 N–H and O–H groups in total. The van der Waals surface area contributed by atoms with E-state index in [1.54, 1.807) is 0 Å². The zero-order chi connectivity index (χ0) is 38.2. The molecule has 3 heteroatoms. The van der Waals surface area contributed by atoms with Gasteiger partial charge in [0.2, 0.25) is 8.07 Å². The molecule has 0 aliphatic heterocycles. The molecular formula is C54H42N2Si. The second kappa shape index (κ2) is 14.7. The fourth-order valence-electron chi connectivity index (χ4n) is 9.07. The van der Waals surface area contributed by atoms with Crippen LogP contribution in [0.4, 0.5) is 0 Å². The van der Waals surface area contributed by atoms with Gasteiger partial charge in [0.05, 0.1) is 11.2 Å². The third-order valence-electron chi connectivity index (χ3n) is 11.7. The summed E-state index contributed by atoms with van der Waals surface area (Å²) in [4.78, 5) is 5.70. The van der Waals surface area contributed by atoms with Crippen molar-refractivity contribution in [3.63, 3.8) is 0 Å². The second-order valence-corrected chi connectivity index (χ2v) is 18.9. The highest BCUT2D eigenvalue weighted by molar-refractivity contribution is 7.19. The van der Waals surface area contributed by atoms with Gasteiger partial charge in [-0.05, 0) is 86.6 Å². The summed E-state index contributed by atoms with van der Waals surface area (Å²) in [6.07, 6.45) is 5.71. The van der Waals surface area contributed by atoms with Gasteiger partial charge < -0.3 is 4.57 Å². The predicted molar refractivity (Wildman–Crippen MR) is 243 cm³/mol. The quantitative estimate of drug-likeness (QED) is 0.112. The zero-order valence-corrected chi connectivity index (χ0v) is 33.0. The van der Waals surface area contributed by atoms with Crippen molar-refractivity contribution in [1.82, 2.24) is 9.55 Å². The first kappa shape index (κ1) is 34.7. The molecule has 1 atom stereocenters. The van der Waals surface area contributed by atoms with E-state index in [9.17, 15) is 0 Å². The first-order valence-corrected chi connectivity index (χ1v) is 21.9. The van der Waals surface area contributed by atoms with Gasteiger partial charge in [-0.3, -0.25) is 4.98 Å². The molecule has 0 amide bonds. The Bertz CT molecular complexity index is 2780. The van der Waals surface area contributed by atoms with Gasteiger partial charge >= 0.3 is 0 Å². The van der Waals surface area contributed by atoms with Crippen LogP contribution in [0.1, 0.15) is 18.2 Å². The number of allylic oxidation sites excluding steroid dienone is 1. The van der Waals surface area contributed by atoms with Crippen LogP contribution < -0.4 is 20.9 Å².